The van der Waals surface area contributed by atoms with Gasteiger partial charge in [-0.15, -0.1) is 0 Å². The average Bonchev–Trinajstić information content (AvgIpc) is 3.77. The first-order valence-electron chi connectivity index (χ1n) is 20.1. The summed E-state index contributed by atoms with van der Waals surface area (Å²) in [5.41, 5.74) is 5.79. The van der Waals surface area contributed by atoms with Crippen LogP contribution in [0.1, 0.15) is 57.9 Å². The molecule has 0 radical (unpaired) electrons. The van der Waals surface area contributed by atoms with Crippen molar-refractivity contribution in [2.24, 2.45) is 0 Å². The van der Waals surface area contributed by atoms with E-state index in [1.54, 1.807) is 60.7 Å². The Labute approximate surface area is 345 Å². The first-order valence-corrected chi connectivity index (χ1v) is 20.1. The molecular formula is C47H48F2N4O7. The highest BCUT2D eigenvalue weighted by atomic mass is 19.1. The van der Waals surface area contributed by atoms with Crippen LogP contribution in [-0.2, 0) is 11.2 Å². The fourth-order valence-corrected chi connectivity index (χ4v) is 6.63. The van der Waals surface area contributed by atoms with Crippen molar-refractivity contribution in [2.45, 2.75) is 64.8 Å². The Morgan fingerprint density at radius 3 is 1.72 bits per heavy atom. The van der Waals surface area contributed by atoms with Gasteiger partial charge < -0.3 is 24.2 Å². The molecule has 0 aliphatic carbocycles. The van der Waals surface area contributed by atoms with Gasteiger partial charge in [-0.1, -0.05) is 86.5 Å². The Hall–Kier alpha value is -6.60. The Balaban J connectivity index is 0.000000203. The second-order valence-electron chi connectivity index (χ2n) is 14.4. The number of aromatic nitrogens is 2. The lowest BCUT2D eigenvalue weighted by Crippen LogP contribution is -2.39. The second-order valence-corrected chi connectivity index (χ2v) is 14.4. The SMILES string of the molecule is CC(CCCCc1ccccc1)NC(=O)n1c(=O)oc2cc(-c3ccc(F)cc3)ccc21.CCCCOCCCNC(=O)n1c(=O)oc2cc(-c3ccc(F)cc3)ccc21. The van der Waals surface area contributed by atoms with Gasteiger partial charge >= 0.3 is 23.6 Å². The van der Waals surface area contributed by atoms with Gasteiger partial charge in [0, 0.05) is 25.8 Å². The largest absolute Gasteiger partial charge is 0.428 e. The predicted molar refractivity (Wildman–Crippen MR) is 228 cm³/mol. The Morgan fingerprint density at radius 1 is 0.650 bits per heavy atom. The molecule has 60 heavy (non-hydrogen) atoms. The van der Waals surface area contributed by atoms with E-state index in [2.05, 4.69) is 29.7 Å². The highest BCUT2D eigenvalue weighted by Crippen LogP contribution is 2.26. The van der Waals surface area contributed by atoms with Gasteiger partial charge in [-0.2, -0.15) is 9.13 Å². The molecule has 312 valence electrons. The van der Waals surface area contributed by atoms with Crippen LogP contribution in [0.5, 0.6) is 0 Å². The lowest BCUT2D eigenvalue weighted by Gasteiger charge is -2.13. The number of nitrogens with one attached hydrogen (secondary N) is 2. The van der Waals surface area contributed by atoms with Crippen LogP contribution in [0.2, 0.25) is 0 Å². The molecule has 0 saturated heterocycles. The zero-order valence-electron chi connectivity index (χ0n) is 33.6. The fraction of sp³-hybridized carbons (Fsp3) is 0.277. The van der Waals surface area contributed by atoms with Crippen molar-refractivity contribution >= 4 is 34.3 Å². The lowest BCUT2D eigenvalue weighted by atomic mass is 10.0. The Morgan fingerprint density at radius 2 is 1.17 bits per heavy atom. The van der Waals surface area contributed by atoms with E-state index in [9.17, 15) is 28.0 Å². The number of ether oxygens (including phenoxy) is 1. The van der Waals surface area contributed by atoms with Gasteiger partial charge in [0.2, 0.25) is 0 Å². The van der Waals surface area contributed by atoms with E-state index in [0.717, 1.165) is 69.9 Å². The molecule has 7 rings (SSSR count). The molecule has 0 aliphatic rings. The molecule has 0 saturated carbocycles. The molecule has 13 heteroatoms. The summed E-state index contributed by atoms with van der Waals surface area (Å²) in [4.78, 5) is 49.6. The number of fused-ring (bicyclic) bond motifs is 2. The van der Waals surface area contributed by atoms with E-state index in [-0.39, 0.29) is 17.7 Å². The van der Waals surface area contributed by atoms with Crippen LogP contribution in [0.3, 0.4) is 0 Å². The van der Waals surface area contributed by atoms with Crippen molar-refractivity contribution in [2.75, 3.05) is 19.8 Å². The van der Waals surface area contributed by atoms with Crippen LogP contribution in [0.4, 0.5) is 18.4 Å². The van der Waals surface area contributed by atoms with E-state index >= 15 is 0 Å². The van der Waals surface area contributed by atoms with Crippen molar-refractivity contribution in [3.05, 3.63) is 154 Å². The standard InChI is InChI=1S/C26H25FN2O3.C21H23FN2O4/c1-18(7-5-6-10-19-8-3-2-4-9-19)28-25(30)29-23-16-13-21(17-24(23)32-26(29)31)20-11-14-22(27)15-12-20;1-2-3-12-27-13-4-11-23-20(25)24-18-10-7-16(14-19(18)28-21(24)26)15-5-8-17(22)9-6-15/h2-4,8-9,11-18H,5-7,10H2,1H3,(H,28,30);5-10,14H,2-4,11-13H2,1H3,(H,23,25). The Kier molecular flexibility index (Phi) is 15.0. The summed E-state index contributed by atoms with van der Waals surface area (Å²) >= 11 is 0. The highest BCUT2D eigenvalue weighted by molar-refractivity contribution is 5.91. The molecule has 2 N–H and O–H groups in total. The third-order valence-electron chi connectivity index (χ3n) is 9.87. The molecule has 2 heterocycles. The molecule has 0 fully saturated rings. The molecule has 2 amide bonds. The first kappa shape index (κ1) is 43.0. The van der Waals surface area contributed by atoms with Crippen LogP contribution in [0.15, 0.2) is 134 Å². The van der Waals surface area contributed by atoms with Crippen molar-refractivity contribution in [3.63, 3.8) is 0 Å². The number of hydrogen-bond acceptors (Lipinski definition) is 7. The van der Waals surface area contributed by atoms with E-state index in [1.807, 2.05) is 25.1 Å². The number of aryl methyl sites for hydroxylation is 1. The van der Waals surface area contributed by atoms with Gasteiger partial charge in [0.05, 0.1) is 11.0 Å². The van der Waals surface area contributed by atoms with Crippen molar-refractivity contribution < 1.29 is 31.9 Å². The molecular weight excluding hydrogens is 771 g/mol. The summed E-state index contributed by atoms with van der Waals surface area (Å²) in [6.07, 6.45) is 6.58. The normalized spacial score (nSPS) is 11.6. The Bertz CT molecular complexity index is 2610. The molecule has 2 aromatic heterocycles. The van der Waals surface area contributed by atoms with Crippen LogP contribution < -0.4 is 22.1 Å². The molecule has 11 nitrogen and oxygen atoms in total. The van der Waals surface area contributed by atoms with Crippen LogP contribution in [-0.4, -0.2) is 47.0 Å². The van der Waals surface area contributed by atoms with E-state index in [0.29, 0.717) is 48.4 Å². The predicted octanol–water partition coefficient (Wildman–Crippen LogP) is 9.92. The molecule has 5 aromatic carbocycles. The molecule has 0 spiro atoms. The second kappa shape index (κ2) is 20.9. The van der Waals surface area contributed by atoms with Gasteiger partial charge in [0.1, 0.15) is 11.6 Å². The number of unbranched alkanes of at least 4 members (excludes halogenated alkanes) is 2. The van der Waals surface area contributed by atoms with Gasteiger partial charge in [0.15, 0.2) is 11.2 Å². The monoisotopic (exact) mass is 818 g/mol. The highest BCUT2D eigenvalue weighted by Gasteiger charge is 2.19. The lowest BCUT2D eigenvalue weighted by molar-refractivity contribution is 0.129. The molecule has 0 aliphatic heterocycles. The van der Waals surface area contributed by atoms with Gasteiger partial charge in [-0.05, 0) is 115 Å². The first-order chi connectivity index (χ1) is 29.1. The number of amides is 2. The molecule has 1 atom stereocenters. The van der Waals surface area contributed by atoms with Gasteiger partial charge in [-0.25, -0.2) is 28.0 Å². The fourth-order valence-electron chi connectivity index (χ4n) is 6.63. The van der Waals surface area contributed by atoms with Crippen LogP contribution in [0.25, 0.3) is 44.5 Å². The van der Waals surface area contributed by atoms with Crippen molar-refractivity contribution in [3.8, 4) is 22.3 Å². The summed E-state index contributed by atoms with van der Waals surface area (Å²) in [7, 11) is 0. The maximum absolute atomic E-state index is 13.2. The number of carbonyl (C=O) groups excluding carboxylic acids is 2. The van der Waals surface area contributed by atoms with Crippen LogP contribution >= 0.6 is 0 Å². The topological polar surface area (TPSA) is 138 Å². The number of halogens is 2. The number of benzene rings is 5. The number of oxazole rings is 2. The molecule has 1 unspecified atom stereocenters. The van der Waals surface area contributed by atoms with E-state index in [4.69, 9.17) is 13.6 Å². The van der Waals surface area contributed by atoms with Crippen molar-refractivity contribution in [1.82, 2.24) is 19.8 Å². The maximum Gasteiger partial charge on any atom is 0.428 e. The minimum atomic E-state index is -0.747. The number of rotatable bonds is 15. The van der Waals surface area contributed by atoms with Gasteiger partial charge in [-0.3, -0.25) is 0 Å². The zero-order chi connectivity index (χ0) is 42.4. The molecule has 7 aromatic rings. The minimum absolute atomic E-state index is 0.0754. The summed E-state index contributed by atoms with van der Waals surface area (Å²) in [6, 6.07) is 31.4. The zero-order valence-corrected chi connectivity index (χ0v) is 33.6. The number of carbonyl (C=O) groups is 2. The molecule has 0 bridgehead atoms. The van der Waals surface area contributed by atoms with E-state index < -0.39 is 23.6 Å². The van der Waals surface area contributed by atoms with Crippen LogP contribution in [0, 0.1) is 11.6 Å². The average molecular weight is 819 g/mol. The van der Waals surface area contributed by atoms with Crippen molar-refractivity contribution in [1.29, 1.82) is 0 Å². The summed E-state index contributed by atoms with van der Waals surface area (Å²) < 4.78 is 44.2. The third kappa shape index (κ3) is 11.3. The summed E-state index contributed by atoms with van der Waals surface area (Å²) in [6.45, 7) is 5.70. The quantitative estimate of drug-likeness (QED) is 0.0983. The summed E-state index contributed by atoms with van der Waals surface area (Å²) in [5.74, 6) is -2.12. The number of nitrogens with zero attached hydrogens (tertiary/aromatic N) is 2. The summed E-state index contributed by atoms with van der Waals surface area (Å²) in [5, 5.41) is 5.59. The number of hydrogen-bond donors (Lipinski definition) is 2. The van der Waals surface area contributed by atoms with Gasteiger partial charge in [0.25, 0.3) is 0 Å². The minimum Gasteiger partial charge on any atom is -0.407 e. The third-order valence-corrected chi connectivity index (χ3v) is 9.87. The smallest absolute Gasteiger partial charge is 0.407 e. The maximum atomic E-state index is 13.2. The van der Waals surface area contributed by atoms with E-state index in [1.165, 1.54) is 29.8 Å².